The van der Waals surface area contributed by atoms with Crippen molar-refractivity contribution in [3.05, 3.63) is 71.8 Å². The van der Waals surface area contributed by atoms with E-state index >= 15 is 0 Å². The van der Waals surface area contributed by atoms with Crippen LogP contribution in [0.5, 0.6) is 0 Å². The molecule has 2 aromatic rings. The quantitative estimate of drug-likeness (QED) is 0.873. The Labute approximate surface area is 120 Å². The Bertz CT molecular complexity index is 540. The number of hydrogen-bond donors (Lipinski definition) is 2. The van der Waals surface area contributed by atoms with Crippen molar-refractivity contribution in [2.45, 2.75) is 31.5 Å². The van der Waals surface area contributed by atoms with Gasteiger partial charge < -0.3 is 10.4 Å². The Hall–Kier alpha value is -1.64. The number of rotatable bonds is 2. The molecule has 0 spiro atoms. The molecule has 1 saturated heterocycles. The van der Waals surface area contributed by atoms with Crippen LogP contribution >= 0.6 is 0 Å². The highest BCUT2D eigenvalue weighted by Crippen LogP contribution is 2.36. The second kappa shape index (κ2) is 5.78. The second-order valence-corrected chi connectivity index (χ2v) is 5.68. The Morgan fingerprint density at radius 1 is 0.900 bits per heavy atom. The Balaban J connectivity index is 1.87. The summed E-state index contributed by atoms with van der Waals surface area (Å²) in [7, 11) is 0. The van der Waals surface area contributed by atoms with Crippen molar-refractivity contribution in [2.24, 2.45) is 5.92 Å². The van der Waals surface area contributed by atoms with Crippen molar-refractivity contribution in [3.63, 3.8) is 0 Å². The molecule has 4 atom stereocenters. The van der Waals surface area contributed by atoms with Gasteiger partial charge in [-0.25, -0.2) is 0 Å². The van der Waals surface area contributed by atoms with E-state index in [1.165, 1.54) is 11.1 Å². The molecular weight excluding hydrogens is 246 g/mol. The van der Waals surface area contributed by atoms with Gasteiger partial charge in [0.1, 0.15) is 0 Å². The summed E-state index contributed by atoms with van der Waals surface area (Å²) in [4.78, 5) is 0. The highest BCUT2D eigenvalue weighted by Gasteiger charge is 2.34. The lowest BCUT2D eigenvalue weighted by Crippen LogP contribution is -2.43. The zero-order chi connectivity index (χ0) is 13.9. The molecule has 1 aliphatic heterocycles. The van der Waals surface area contributed by atoms with E-state index in [9.17, 15) is 5.11 Å². The van der Waals surface area contributed by atoms with Crippen molar-refractivity contribution in [2.75, 3.05) is 0 Å². The number of aliphatic hydroxyl groups is 1. The van der Waals surface area contributed by atoms with E-state index < -0.39 is 0 Å². The van der Waals surface area contributed by atoms with Gasteiger partial charge in [-0.05, 0) is 17.5 Å². The molecule has 1 aliphatic rings. The summed E-state index contributed by atoms with van der Waals surface area (Å²) in [6.07, 6.45) is 0.501. The fourth-order valence-corrected chi connectivity index (χ4v) is 3.09. The smallest absolute Gasteiger partial charge is 0.0602 e. The van der Waals surface area contributed by atoms with E-state index in [4.69, 9.17) is 0 Å². The van der Waals surface area contributed by atoms with Gasteiger partial charge in [-0.1, -0.05) is 67.6 Å². The van der Waals surface area contributed by atoms with Crippen molar-refractivity contribution >= 4 is 0 Å². The summed E-state index contributed by atoms with van der Waals surface area (Å²) in [5.41, 5.74) is 2.50. The van der Waals surface area contributed by atoms with E-state index in [2.05, 4.69) is 60.8 Å². The average molecular weight is 267 g/mol. The van der Waals surface area contributed by atoms with Crippen LogP contribution in [-0.4, -0.2) is 11.2 Å². The highest BCUT2D eigenvalue weighted by molar-refractivity contribution is 5.25. The molecule has 0 aliphatic carbocycles. The van der Waals surface area contributed by atoms with Gasteiger partial charge >= 0.3 is 0 Å². The van der Waals surface area contributed by atoms with Gasteiger partial charge in [0.2, 0.25) is 0 Å². The SMILES string of the molecule is C[C@H]1[C@H](O)C[C@H](c2ccccc2)N[C@@H]1c1ccccc1. The standard InChI is InChI=1S/C18H21NO/c1-13-17(20)12-16(14-8-4-2-5-9-14)19-18(13)15-10-6-3-7-11-15/h2-11,13,16-20H,12H2,1H3/t13-,16+,17+,18-/m0/s1. The molecule has 104 valence electrons. The van der Waals surface area contributed by atoms with Crippen molar-refractivity contribution in [1.82, 2.24) is 5.32 Å². The molecule has 0 bridgehead atoms. The van der Waals surface area contributed by atoms with E-state index in [1.807, 2.05) is 12.1 Å². The zero-order valence-corrected chi connectivity index (χ0v) is 11.7. The summed E-state index contributed by atoms with van der Waals surface area (Å²) in [5.74, 6) is 0.220. The molecule has 0 amide bonds. The molecule has 0 unspecified atom stereocenters. The molecular formula is C18H21NO. The van der Waals surface area contributed by atoms with Crippen LogP contribution in [0.15, 0.2) is 60.7 Å². The molecule has 0 radical (unpaired) electrons. The average Bonchev–Trinajstić information content (AvgIpc) is 2.51. The first kappa shape index (κ1) is 13.3. The van der Waals surface area contributed by atoms with Gasteiger partial charge in [0, 0.05) is 18.0 Å². The van der Waals surface area contributed by atoms with Gasteiger partial charge in [0.25, 0.3) is 0 Å². The summed E-state index contributed by atoms with van der Waals surface area (Å²) in [6.45, 7) is 2.12. The van der Waals surface area contributed by atoms with Gasteiger partial charge in [0.05, 0.1) is 6.10 Å². The number of nitrogens with one attached hydrogen (secondary N) is 1. The van der Waals surface area contributed by atoms with E-state index in [1.54, 1.807) is 0 Å². The minimum absolute atomic E-state index is 0.199. The first-order chi connectivity index (χ1) is 9.75. The number of hydrogen-bond acceptors (Lipinski definition) is 2. The maximum Gasteiger partial charge on any atom is 0.0602 e. The lowest BCUT2D eigenvalue weighted by molar-refractivity contribution is 0.0402. The topological polar surface area (TPSA) is 32.3 Å². The van der Waals surface area contributed by atoms with Crippen LogP contribution in [0.3, 0.4) is 0 Å². The van der Waals surface area contributed by atoms with Crippen molar-refractivity contribution in [1.29, 1.82) is 0 Å². The molecule has 2 aromatic carbocycles. The first-order valence-electron chi connectivity index (χ1n) is 7.29. The van der Waals surface area contributed by atoms with Crippen LogP contribution in [0.25, 0.3) is 0 Å². The van der Waals surface area contributed by atoms with Crippen molar-refractivity contribution in [3.8, 4) is 0 Å². The second-order valence-electron chi connectivity index (χ2n) is 5.68. The molecule has 2 nitrogen and oxygen atoms in total. The minimum atomic E-state index is -0.272. The molecule has 2 N–H and O–H groups in total. The van der Waals surface area contributed by atoms with Gasteiger partial charge in [-0.15, -0.1) is 0 Å². The van der Waals surface area contributed by atoms with Crippen LogP contribution in [-0.2, 0) is 0 Å². The lowest BCUT2D eigenvalue weighted by Gasteiger charge is -2.39. The molecule has 1 heterocycles. The fourth-order valence-electron chi connectivity index (χ4n) is 3.09. The van der Waals surface area contributed by atoms with Crippen LogP contribution in [0.1, 0.15) is 36.6 Å². The Morgan fingerprint density at radius 2 is 1.45 bits per heavy atom. The summed E-state index contributed by atoms with van der Waals surface area (Å²) >= 11 is 0. The summed E-state index contributed by atoms with van der Waals surface area (Å²) < 4.78 is 0. The third-order valence-corrected chi connectivity index (χ3v) is 4.35. The maximum atomic E-state index is 10.4. The van der Waals surface area contributed by atoms with Crippen molar-refractivity contribution < 1.29 is 5.11 Å². The van der Waals surface area contributed by atoms with E-state index in [-0.39, 0.29) is 24.1 Å². The molecule has 1 fully saturated rings. The number of piperidine rings is 1. The summed E-state index contributed by atoms with van der Waals surface area (Å²) in [5, 5.41) is 14.1. The third kappa shape index (κ3) is 2.62. The third-order valence-electron chi connectivity index (χ3n) is 4.35. The van der Waals surface area contributed by atoms with Crippen LogP contribution in [0.4, 0.5) is 0 Å². The fraction of sp³-hybridized carbons (Fsp3) is 0.333. The normalized spacial score (nSPS) is 30.1. The minimum Gasteiger partial charge on any atom is -0.393 e. The van der Waals surface area contributed by atoms with E-state index in [0.717, 1.165) is 6.42 Å². The predicted octanol–water partition coefficient (Wildman–Crippen LogP) is 3.46. The molecule has 20 heavy (non-hydrogen) atoms. The molecule has 0 saturated carbocycles. The first-order valence-corrected chi connectivity index (χ1v) is 7.29. The molecule has 3 rings (SSSR count). The molecule has 0 aromatic heterocycles. The highest BCUT2D eigenvalue weighted by atomic mass is 16.3. The van der Waals surface area contributed by atoms with Crippen LogP contribution in [0.2, 0.25) is 0 Å². The van der Waals surface area contributed by atoms with E-state index in [0.29, 0.717) is 0 Å². The monoisotopic (exact) mass is 267 g/mol. The summed E-state index contributed by atoms with van der Waals surface area (Å²) in [6, 6.07) is 21.2. The predicted molar refractivity (Wildman–Crippen MR) is 81.3 cm³/mol. The van der Waals surface area contributed by atoms with Gasteiger partial charge in [-0.2, -0.15) is 0 Å². The van der Waals surface area contributed by atoms with Gasteiger partial charge in [0.15, 0.2) is 0 Å². The molecule has 2 heteroatoms. The lowest BCUT2D eigenvalue weighted by atomic mass is 9.81. The Kier molecular flexibility index (Phi) is 3.86. The maximum absolute atomic E-state index is 10.4. The van der Waals surface area contributed by atoms with Gasteiger partial charge in [-0.3, -0.25) is 0 Å². The van der Waals surface area contributed by atoms with Crippen LogP contribution in [0, 0.1) is 5.92 Å². The number of benzene rings is 2. The largest absolute Gasteiger partial charge is 0.393 e. The Morgan fingerprint density at radius 3 is 2.05 bits per heavy atom. The zero-order valence-electron chi connectivity index (χ0n) is 11.7. The van der Waals surface area contributed by atoms with Crippen LogP contribution < -0.4 is 5.32 Å². The number of aliphatic hydroxyl groups excluding tert-OH is 1.